The first-order valence-electron chi connectivity index (χ1n) is 9.36. The number of rotatable bonds is 5. The van der Waals surface area contributed by atoms with Gasteiger partial charge in [0.1, 0.15) is 12.1 Å². The number of hydrogen-bond acceptors (Lipinski definition) is 5. The molecule has 1 aliphatic heterocycles. The van der Waals surface area contributed by atoms with E-state index in [1.165, 1.54) is 20.0 Å². The van der Waals surface area contributed by atoms with Gasteiger partial charge in [0.15, 0.2) is 0 Å². The molecule has 0 spiro atoms. The number of esters is 1. The minimum absolute atomic E-state index is 0.140. The van der Waals surface area contributed by atoms with Crippen LogP contribution in [0.4, 0.5) is 5.69 Å². The third kappa shape index (κ3) is 4.42. The van der Waals surface area contributed by atoms with Crippen molar-refractivity contribution in [2.24, 2.45) is 5.92 Å². The molecule has 0 aromatic heterocycles. The minimum atomic E-state index is -0.250. The van der Waals surface area contributed by atoms with Crippen LogP contribution in [0.3, 0.4) is 0 Å². The summed E-state index contributed by atoms with van der Waals surface area (Å²) in [4.78, 5) is 26.7. The van der Waals surface area contributed by atoms with E-state index in [-0.39, 0.29) is 24.3 Å². The molecule has 1 N–H and O–H groups in total. The quantitative estimate of drug-likeness (QED) is 0.781. The van der Waals surface area contributed by atoms with E-state index in [4.69, 9.17) is 21.6 Å². The molecule has 7 heteroatoms. The fraction of sp³-hybridized carbons (Fsp3) is 0.550. The molecule has 3 rings (SSSR count). The minimum Gasteiger partial charge on any atom is -0.468 e. The number of halogens is 1. The number of nitrogens with one attached hydrogen (secondary N) is 1. The Balaban J connectivity index is 1.61. The highest BCUT2D eigenvalue weighted by Crippen LogP contribution is 2.40. The molecule has 3 atom stereocenters. The molecule has 2 fully saturated rings. The van der Waals surface area contributed by atoms with Crippen LogP contribution < -0.4 is 5.32 Å². The molecule has 1 saturated carbocycles. The average molecular weight is 390 g/mol. The highest BCUT2D eigenvalue weighted by molar-refractivity contribution is 6.32. The smallest absolute Gasteiger partial charge is 0.323 e. The number of nitrogens with zero attached hydrogens (tertiary/aromatic N) is 2. The van der Waals surface area contributed by atoms with Crippen molar-refractivity contribution in [1.82, 2.24) is 4.90 Å². The van der Waals surface area contributed by atoms with Gasteiger partial charge < -0.3 is 10.1 Å². The van der Waals surface area contributed by atoms with Crippen molar-refractivity contribution in [3.8, 4) is 6.07 Å². The Hall–Kier alpha value is -2.10. The number of ether oxygens (including phenoxy) is 1. The van der Waals surface area contributed by atoms with Crippen molar-refractivity contribution < 1.29 is 14.3 Å². The second-order valence-electron chi connectivity index (χ2n) is 7.23. The van der Waals surface area contributed by atoms with Crippen LogP contribution >= 0.6 is 11.6 Å². The maximum atomic E-state index is 12.4. The lowest BCUT2D eigenvalue weighted by atomic mass is 9.85. The molecule has 6 nitrogen and oxygen atoms in total. The summed E-state index contributed by atoms with van der Waals surface area (Å²) in [5, 5.41) is 12.0. The Bertz CT molecular complexity index is 761. The second kappa shape index (κ2) is 8.73. The van der Waals surface area contributed by atoms with Gasteiger partial charge in [0.2, 0.25) is 5.91 Å². The van der Waals surface area contributed by atoms with E-state index in [2.05, 4.69) is 10.2 Å². The zero-order chi connectivity index (χ0) is 19.4. The zero-order valence-electron chi connectivity index (χ0n) is 15.4. The number of likely N-dealkylation sites (tertiary alicyclic amines) is 1. The van der Waals surface area contributed by atoms with E-state index >= 15 is 0 Å². The third-order valence-electron chi connectivity index (χ3n) is 5.66. The predicted molar refractivity (Wildman–Crippen MR) is 102 cm³/mol. The van der Waals surface area contributed by atoms with Gasteiger partial charge in [-0.1, -0.05) is 24.4 Å². The number of carbonyl (C=O) groups excluding carboxylic acids is 2. The van der Waals surface area contributed by atoms with Gasteiger partial charge in [-0.3, -0.25) is 14.5 Å². The number of carbonyl (C=O) groups is 2. The van der Waals surface area contributed by atoms with Crippen molar-refractivity contribution in [3.05, 3.63) is 28.8 Å². The molecule has 0 bridgehead atoms. The highest BCUT2D eigenvalue weighted by atomic mass is 35.5. The summed E-state index contributed by atoms with van der Waals surface area (Å²) < 4.78 is 4.99. The standard InChI is InChI=1S/C20H24ClN3O3/c1-27-20(26)18-10-13-4-2-3-5-17(13)24(18)9-8-19(25)23-15-7-6-14(12-22)16(21)11-15/h6-7,11,13,17-18H,2-5,8-10H2,1H3,(H,23,25). The lowest BCUT2D eigenvalue weighted by molar-refractivity contribution is -0.146. The topological polar surface area (TPSA) is 82.4 Å². The van der Waals surface area contributed by atoms with Gasteiger partial charge in [-0.2, -0.15) is 5.26 Å². The Kier molecular flexibility index (Phi) is 6.35. The van der Waals surface area contributed by atoms with Gasteiger partial charge in [-0.15, -0.1) is 0 Å². The first-order chi connectivity index (χ1) is 13.0. The molecule has 1 aromatic rings. The van der Waals surface area contributed by atoms with Crippen LogP contribution in [-0.4, -0.2) is 42.5 Å². The third-order valence-corrected chi connectivity index (χ3v) is 5.98. The number of nitriles is 1. The van der Waals surface area contributed by atoms with Gasteiger partial charge in [0.05, 0.1) is 17.7 Å². The Morgan fingerprint density at radius 3 is 2.85 bits per heavy atom. The predicted octanol–water partition coefficient (Wildman–Crippen LogP) is 3.35. The number of benzene rings is 1. The lowest BCUT2D eigenvalue weighted by Crippen LogP contribution is -2.44. The molecule has 1 saturated heterocycles. The molecule has 3 unspecified atom stereocenters. The summed E-state index contributed by atoms with van der Waals surface area (Å²) in [6.07, 6.45) is 5.71. The van der Waals surface area contributed by atoms with Crippen LogP contribution in [0, 0.1) is 17.2 Å². The van der Waals surface area contributed by atoms with Gasteiger partial charge in [0, 0.05) is 24.7 Å². The summed E-state index contributed by atoms with van der Waals surface area (Å²) in [5.74, 6) is 0.172. The zero-order valence-corrected chi connectivity index (χ0v) is 16.2. The van der Waals surface area contributed by atoms with Crippen molar-refractivity contribution in [3.63, 3.8) is 0 Å². The number of fused-ring (bicyclic) bond motifs is 1. The molecule has 27 heavy (non-hydrogen) atoms. The normalized spacial score (nSPS) is 24.7. The van der Waals surface area contributed by atoms with Crippen LogP contribution in [0.15, 0.2) is 18.2 Å². The van der Waals surface area contributed by atoms with E-state index in [0.29, 0.717) is 34.8 Å². The Morgan fingerprint density at radius 1 is 1.37 bits per heavy atom. The van der Waals surface area contributed by atoms with Crippen molar-refractivity contribution in [2.45, 2.75) is 50.6 Å². The van der Waals surface area contributed by atoms with Gasteiger partial charge in [0.25, 0.3) is 0 Å². The fourth-order valence-corrected chi connectivity index (χ4v) is 4.60. The van der Waals surface area contributed by atoms with Gasteiger partial charge >= 0.3 is 5.97 Å². The SMILES string of the molecule is COC(=O)C1CC2CCCCC2N1CCC(=O)Nc1ccc(C#N)c(Cl)c1. The Morgan fingerprint density at radius 2 is 2.15 bits per heavy atom. The summed E-state index contributed by atoms with van der Waals surface area (Å²) in [6.45, 7) is 0.525. The molecule has 144 valence electrons. The first-order valence-corrected chi connectivity index (χ1v) is 9.74. The molecule has 1 aromatic carbocycles. The highest BCUT2D eigenvalue weighted by Gasteiger charge is 2.45. The first kappa shape index (κ1) is 19.7. The summed E-state index contributed by atoms with van der Waals surface area (Å²) in [5.41, 5.74) is 0.932. The molecular weight excluding hydrogens is 366 g/mol. The number of amides is 1. The lowest BCUT2D eigenvalue weighted by Gasteiger charge is -2.33. The fourth-order valence-electron chi connectivity index (χ4n) is 4.38. The van der Waals surface area contributed by atoms with Crippen molar-refractivity contribution in [2.75, 3.05) is 19.0 Å². The van der Waals surface area contributed by atoms with E-state index < -0.39 is 0 Å². The molecule has 0 radical (unpaired) electrons. The van der Waals surface area contributed by atoms with E-state index in [9.17, 15) is 9.59 Å². The molecule has 1 amide bonds. The molecular formula is C20H24ClN3O3. The van der Waals surface area contributed by atoms with Crippen LogP contribution in [0.5, 0.6) is 0 Å². The Labute approximate surface area is 164 Å². The number of methoxy groups -OCH3 is 1. The molecule has 1 aliphatic carbocycles. The average Bonchev–Trinajstić information content (AvgIpc) is 3.04. The number of hydrogen-bond donors (Lipinski definition) is 1. The summed E-state index contributed by atoms with van der Waals surface area (Å²) in [7, 11) is 1.42. The van der Waals surface area contributed by atoms with Crippen molar-refractivity contribution >= 4 is 29.2 Å². The number of anilines is 1. The largest absolute Gasteiger partial charge is 0.468 e. The van der Waals surface area contributed by atoms with Crippen LogP contribution in [0.25, 0.3) is 0 Å². The van der Waals surface area contributed by atoms with Gasteiger partial charge in [-0.05, 0) is 43.4 Å². The molecule has 1 heterocycles. The van der Waals surface area contributed by atoms with Crippen LogP contribution in [-0.2, 0) is 14.3 Å². The van der Waals surface area contributed by atoms with Crippen molar-refractivity contribution in [1.29, 1.82) is 5.26 Å². The van der Waals surface area contributed by atoms with Crippen LogP contribution in [0.2, 0.25) is 5.02 Å². The monoisotopic (exact) mass is 389 g/mol. The van der Waals surface area contributed by atoms with E-state index in [1.54, 1.807) is 18.2 Å². The van der Waals surface area contributed by atoms with E-state index in [0.717, 1.165) is 19.3 Å². The summed E-state index contributed by atoms with van der Waals surface area (Å²) in [6, 6.07) is 6.91. The summed E-state index contributed by atoms with van der Waals surface area (Å²) >= 11 is 6.01. The van der Waals surface area contributed by atoms with E-state index in [1.807, 2.05) is 6.07 Å². The molecule has 2 aliphatic rings. The second-order valence-corrected chi connectivity index (χ2v) is 7.64. The maximum Gasteiger partial charge on any atom is 0.323 e. The van der Waals surface area contributed by atoms with Gasteiger partial charge in [-0.25, -0.2) is 0 Å². The van der Waals surface area contributed by atoms with Crippen LogP contribution in [0.1, 0.15) is 44.1 Å². The maximum absolute atomic E-state index is 12.4.